The van der Waals surface area contributed by atoms with Crippen molar-refractivity contribution in [2.75, 3.05) is 18.2 Å². The Labute approximate surface area is 127 Å². The van der Waals surface area contributed by atoms with Gasteiger partial charge in [0.2, 0.25) is 0 Å². The smallest absolute Gasteiger partial charge is 0.181 e. The van der Waals surface area contributed by atoms with E-state index in [1.54, 1.807) is 24.2 Å². The molecule has 0 fully saturated rings. The summed E-state index contributed by atoms with van der Waals surface area (Å²) in [7, 11) is 1.65. The first-order valence-electron chi connectivity index (χ1n) is 6.76. The van der Waals surface area contributed by atoms with E-state index in [4.69, 9.17) is 10.5 Å². The molecule has 3 rings (SSSR count). The van der Waals surface area contributed by atoms with Gasteiger partial charge in [-0.2, -0.15) is 5.10 Å². The minimum Gasteiger partial charge on any atom is -0.496 e. The second-order valence-electron chi connectivity index (χ2n) is 4.58. The SMILES string of the molecule is COc1ccccc1CNc1ncnc(-n2cccn2)c1N. The molecule has 22 heavy (non-hydrogen) atoms. The van der Waals surface area contributed by atoms with Crippen LogP contribution < -0.4 is 15.8 Å². The second-order valence-corrected chi connectivity index (χ2v) is 4.58. The number of methoxy groups -OCH3 is 1. The lowest BCUT2D eigenvalue weighted by Crippen LogP contribution is -2.10. The van der Waals surface area contributed by atoms with Crippen LogP contribution in [0.3, 0.4) is 0 Å². The van der Waals surface area contributed by atoms with E-state index < -0.39 is 0 Å². The highest BCUT2D eigenvalue weighted by atomic mass is 16.5. The van der Waals surface area contributed by atoms with Gasteiger partial charge in [-0.05, 0) is 12.1 Å². The van der Waals surface area contributed by atoms with Crippen LogP contribution in [0.4, 0.5) is 11.5 Å². The zero-order valence-electron chi connectivity index (χ0n) is 12.1. The molecule has 0 aliphatic heterocycles. The van der Waals surface area contributed by atoms with Crippen molar-refractivity contribution in [3.05, 3.63) is 54.6 Å². The van der Waals surface area contributed by atoms with E-state index in [1.807, 2.05) is 30.3 Å². The molecule has 0 spiro atoms. The maximum Gasteiger partial charge on any atom is 0.181 e. The van der Waals surface area contributed by atoms with Crippen LogP contribution in [0.5, 0.6) is 5.75 Å². The fourth-order valence-electron chi connectivity index (χ4n) is 2.13. The first-order chi connectivity index (χ1) is 10.8. The van der Waals surface area contributed by atoms with E-state index in [9.17, 15) is 0 Å². The van der Waals surface area contributed by atoms with E-state index in [0.717, 1.165) is 11.3 Å². The Balaban J connectivity index is 1.83. The number of para-hydroxylation sites is 1. The number of ether oxygens (including phenoxy) is 1. The van der Waals surface area contributed by atoms with Gasteiger partial charge < -0.3 is 15.8 Å². The van der Waals surface area contributed by atoms with Crippen molar-refractivity contribution in [1.29, 1.82) is 0 Å². The normalized spacial score (nSPS) is 10.4. The lowest BCUT2D eigenvalue weighted by molar-refractivity contribution is 0.410. The van der Waals surface area contributed by atoms with Crippen LogP contribution in [0.25, 0.3) is 5.82 Å². The van der Waals surface area contributed by atoms with Gasteiger partial charge in [-0.25, -0.2) is 14.6 Å². The van der Waals surface area contributed by atoms with Gasteiger partial charge in [-0.15, -0.1) is 0 Å². The maximum absolute atomic E-state index is 6.13. The molecule has 0 atom stereocenters. The molecule has 1 aromatic carbocycles. The molecular formula is C15H16N6O. The average Bonchev–Trinajstić information content (AvgIpc) is 3.08. The van der Waals surface area contributed by atoms with Crippen molar-refractivity contribution in [3.8, 4) is 11.6 Å². The summed E-state index contributed by atoms with van der Waals surface area (Å²) in [6.45, 7) is 0.545. The Kier molecular flexibility index (Phi) is 3.86. The first-order valence-corrected chi connectivity index (χ1v) is 6.76. The summed E-state index contributed by atoms with van der Waals surface area (Å²) in [6, 6.07) is 9.59. The minimum atomic E-state index is 0.445. The third-order valence-electron chi connectivity index (χ3n) is 3.22. The lowest BCUT2D eigenvalue weighted by Gasteiger charge is -2.12. The highest BCUT2D eigenvalue weighted by Crippen LogP contribution is 2.23. The monoisotopic (exact) mass is 296 g/mol. The van der Waals surface area contributed by atoms with Crippen LogP contribution in [0.15, 0.2) is 49.1 Å². The predicted molar refractivity (Wildman–Crippen MR) is 83.9 cm³/mol. The van der Waals surface area contributed by atoms with E-state index in [-0.39, 0.29) is 0 Å². The van der Waals surface area contributed by atoms with Gasteiger partial charge in [0.15, 0.2) is 11.6 Å². The third-order valence-corrected chi connectivity index (χ3v) is 3.22. The topological polar surface area (TPSA) is 90.9 Å². The predicted octanol–water partition coefficient (Wildman–Crippen LogP) is 1.87. The molecule has 0 amide bonds. The van der Waals surface area contributed by atoms with Gasteiger partial charge in [0.25, 0.3) is 0 Å². The molecule has 0 saturated carbocycles. The molecule has 3 N–H and O–H groups in total. The molecule has 7 nitrogen and oxygen atoms in total. The zero-order valence-corrected chi connectivity index (χ0v) is 12.1. The summed E-state index contributed by atoms with van der Waals surface area (Å²) in [5.74, 6) is 1.92. The van der Waals surface area contributed by atoms with E-state index in [1.165, 1.54) is 6.33 Å². The first kappa shape index (κ1) is 13.9. The molecule has 3 aromatic rings. The van der Waals surface area contributed by atoms with Crippen molar-refractivity contribution < 1.29 is 4.74 Å². The number of hydrogen-bond donors (Lipinski definition) is 2. The number of benzene rings is 1. The molecule has 0 saturated heterocycles. The van der Waals surface area contributed by atoms with Gasteiger partial charge in [0.05, 0.1) is 7.11 Å². The van der Waals surface area contributed by atoms with Gasteiger partial charge in [0.1, 0.15) is 17.8 Å². The number of nitrogen functional groups attached to an aromatic ring is 1. The molecule has 7 heteroatoms. The number of aromatic nitrogens is 4. The Morgan fingerprint density at radius 2 is 2.09 bits per heavy atom. The zero-order chi connectivity index (χ0) is 15.4. The standard InChI is InChI=1S/C15H16N6O/c1-22-12-6-3-2-5-11(12)9-17-14-13(16)15(19-10-18-14)21-8-4-7-20-21/h2-8,10H,9,16H2,1H3,(H,17,18,19). The van der Waals surface area contributed by atoms with E-state index in [0.29, 0.717) is 23.9 Å². The van der Waals surface area contributed by atoms with E-state index in [2.05, 4.69) is 20.4 Å². The van der Waals surface area contributed by atoms with Crippen molar-refractivity contribution in [2.45, 2.75) is 6.54 Å². The van der Waals surface area contributed by atoms with Gasteiger partial charge in [-0.3, -0.25) is 0 Å². The minimum absolute atomic E-state index is 0.445. The molecule has 2 aromatic heterocycles. The Morgan fingerprint density at radius 3 is 2.86 bits per heavy atom. The van der Waals surface area contributed by atoms with Crippen LogP contribution >= 0.6 is 0 Å². The Hall–Kier alpha value is -3.09. The Bertz CT molecular complexity index is 756. The summed E-state index contributed by atoms with van der Waals surface area (Å²) in [4.78, 5) is 8.36. The maximum atomic E-state index is 6.13. The van der Waals surface area contributed by atoms with Gasteiger partial charge >= 0.3 is 0 Å². The van der Waals surface area contributed by atoms with Gasteiger partial charge in [-0.1, -0.05) is 18.2 Å². The molecular weight excluding hydrogens is 280 g/mol. The molecule has 2 heterocycles. The van der Waals surface area contributed by atoms with Crippen molar-refractivity contribution in [3.63, 3.8) is 0 Å². The summed E-state index contributed by atoms with van der Waals surface area (Å²) in [5.41, 5.74) is 7.59. The highest BCUT2D eigenvalue weighted by molar-refractivity contribution is 5.69. The molecule has 0 aliphatic carbocycles. The second kappa shape index (κ2) is 6.13. The fraction of sp³-hybridized carbons (Fsp3) is 0.133. The number of rotatable bonds is 5. The molecule has 0 bridgehead atoms. The number of anilines is 2. The molecule has 112 valence electrons. The van der Waals surface area contributed by atoms with Crippen molar-refractivity contribution in [2.24, 2.45) is 0 Å². The summed E-state index contributed by atoms with van der Waals surface area (Å²) >= 11 is 0. The quantitative estimate of drug-likeness (QED) is 0.747. The largest absolute Gasteiger partial charge is 0.496 e. The van der Waals surface area contributed by atoms with Crippen LogP contribution in [-0.2, 0) is 6.54 Å². The number of hydrogen-bond acceptors (Lipinski definition) is 6. The fourth-order valence-corrected chi connectivity index (χ4v) is 2.13. The Morgan fingerprint density at radius 1 is 1.23 bits per heavy atom. The molecule has 0 radical (unpaired) electrons. The molecule has 0 unspecified atom stereocenters. The van der Waals surface area contributed by atoms with Crippen LogP contribution in [0, 0.1) is 0 Å². The summed E-state index contributed by atoms with van der Waals surface area (Å²) in [5, 5.41) is 7.34. The number of nitrogens with two attached hydrogens (primary N) is 1. The third kappa shape index (κ3) is 2.69. The molecule has 0 aliphatic rings. The van der Waals surface area contributed by atoms with Crippen LogP contribution in [0.2, 0.25) is 0 Å². The van der Waals surface area contributed by atoms with Gasteiger partial charge in [0, 0.05) is 24.5 Å². The number of nitrogens with zero attached hydrogens (tertiary/aromatic N) is 4. The van der Waals surface area contributed by atoms with Crippen molar-refractivity contribution in [1.82, 2.24) is 19.7 Å². The lowest BCUT2D eigenvalue weighted by atomic mass is 10.2. The number of nitrogens with one attached hydrogen (secondary N) is 1. The average molecular weight is 296 g/mol. The summed E-state index contributed by atoms with van der Waals surface area (Å²) < 4.78 is 6.93. The van der Waals surface area contributed by atoms with Crippen LogP contribution in [-0.4, -0.2) is 26.9 Å². The van der Waals surface area contributed by atoms with Crippen LogP contribution in [0.1, 0.15) is 5.56 Å². The summed E-state index contributed by atoms with van der Waals surface area (Å²) in [6.07, 6.45) is 4.91. The highest BCUT2D eigenvalue weighted by Gasteiger charge is 2.10. The van der Waals surface area contributed by atoms with E-state index >= 15 is 0 Å². The van der Waals surface area contributed by atoms with Crippen molar-refractivity contribution >= 4 is 11.5 Å².